The number of fused-ring (bicyclic) bond motifs is 1. The van der Waals surface area contributed by atoms with Crippen LogP contribution in [0.4, 0.5) is 5.69 Å². The van der Waals surface area contributed by atoms with Gasteiger partial charge in [0.15, 0.2) is 0 Å². The highest BCUT2D eigenvalue weighted by Gasteiger charge is 2.08. The van der Waals surface area contributed by atoms with E-state index in [2.05, 4.69) is 38.1 Å². The predicted molar refractivity (Wildman–Crippen MR) is 81.2 cm³/mol. The third-order valence-corrected chi connectivity index (χ3v) is 3.67. The molecule has 0 amide bonds. The van der Waals surface area contributed by atoms with E-state index in [1.165, 1.54) is 0 Å². The van der Waals surface area contributed by atoms with E-state index in [1.54, 1.807) is 12.4 Å². The number of rotatable bonds is 6. The van der Waals surface area contributed by atoms with E-state index in [-0.39, 0.29) is 6.61 Å². The summed E-state index contributed by atoms with van der Waals surface area (Å²) in [6.07, 6.45) is 5.44. The van der Waals surface area contributed by atoms with Crippen molar-refractivity contribution in [2.24, 2.45) is 5.92 Å². The van der Waals surface area contributed by atoms with Crippen molar-refractivity contribution < 1.29 is 5.11 Å². The molecule has 0 aliphatic carbocycles. The third-order valence-electron chi connectivity index (χ3n) is 3.24. The zero-order chi connectivity index (χ0) is 13.7. The van der Waals surface area contributed by atoms with Crippen LogP contribution in [0.1, 0.15) is 19.8 Å². The Labute approximate surface area is 121 Å². The lowest BCUT2D eigenvalue weighted by molar-refractivity contribution is 0.258. The van der Waals surface area contributed by atoms with Crippen molar-refractivity contribution in [1.29, 1.82) is 0 Å². The van der Waals surface area contributed by atoms with Crippen LogP contribution < -0.4 is 5.32 Å². The maximum atomic E-state index is 9.01. The molecule has 2 aromatic rings. The van der Waals surface area contributed by atoms with Crippen LogP contribution in [0.2, 0.25) is 0 Å². The molecule has 2 heterocycles. The summed E-state index contributed by atoms with van der Waals surface area (Å²) in [6.45, 7) is 3.22. The van der Waals surface area contributed by atoms with Crippen LogP contribution in [0.15, 0.2) is 29.0 Å². The number of aromatic nitrogens is 2. The summed E-state index contributed by atoms with van der Waals surface area (Å²) in [7, 11) is 0. The van der Waals surface area contributed by atoms with Crippen LogP contribution in [0.25, 0.3) is 11.0 Å². The second kappa shape index (κ2) is 6.82. The van der Waals surface area contributed by atoms with Gasteiger partial charge in [-0.15, -0.1) is 0 Å². The number of nitrogens with one attached hydrogen (secondary N) is 1. The van der Waals surface area contributed by atoms with Crippen LogP contribution in [0.3, 0.4) is 0 Å². The summed E-state index contributed by atoms with van der Waals surface area (Å²) >= 11 is 3.40. The van der Waals surface area contributed by atoms with Gasteiger partial charge in [-0.05, 0) is 40.4 Å². The molecule has 0 aliphatic rings. The molecule has 1 unspecified atom stereocenters. The fourth-order valence-corrected chi connectivity index (χ4v) is 2.35. The van der Waals surface area contributed by atoms with Gasteiger partial charge in [-0.1, -0.05) is 13.3 Å². The van der Waals surface area contributed by atoms with E-state index in [9.17, 15) is 0 Å². The Morgan fingerprint density at radius 2 is 2.26 bits per heavy atom. The summed E-state index contributed by atoms with van der Waals surface area (Å²) in [4.78, 5) is 8.72. The van der Waals surface area contributed by atoms with Crippen molar-refractivity contribution in [3.05, 3.63) is 29.0 Å². The zero-order valence-electron chi connectivity index (χ0n) is 10.9. The van der Waals surface area contributed by atoms with Crippen molar-refractivity contribution in [3.63, 3.8) is 0 Å². The molecule has 2 N–H and O–H groups in total. The van der Waals surface area contributed by atoms with E-state index in [0.29, 0.717) is 5.92 Å². The lowest BCUT2D eigenvalue weighted by Crippen LogP contribution is -2.15. The molecular weight excluding hydrogens is 306 g/mol. The average Bonchev–Trinajstić information content (AvgIpc) is 2.43. The number of hydrogen-bond acceptors (Lipinski definition) is 4. The van der Waals surface area contributed by atoms with Gasteiger partial charge >= 0.3 is 0 Å². The van der Waals surface area contributed by atoms with Gasteiger partial charge in [-0.2, -0.15) is 0 Å². The number of aliphatic hydroxyl groups is 1. The van der Waals surface area contributed by atoms with Crippen molar-refractivity contribution in [3.8, 4) is 0 Å². The molecule has 4 nitrogen and oxygen atoms in total. The van der Waals surface area contributed by atoms with Gasteiger partial charge < -0.3 is 10.4 Å². The zero-order valence-corrected chi connectivity index (χ0v) is 12.5. The van der Waals surface area contributed by atoms with Crippen molar-refractivity contribution in [2.45, 2.75) is 19.8 Å². The Kier molecular flexibility index (Phi) is 5.10. The topological polar surface area (TPSA) is 58.0 Å². The highest BCUT2D eigenvalue weighted by atomic mass is 79.9. The number of aliphatic hydroxyl groups excluding tert-OH is 1. The summed E-state index contributed by atoms with van der Waals surface area (Å²) in [6, 6.07) is 3.90. The second-order valence-corrected chi connectivity index (χ2v) is 5.46. The summed E-state index contributed by atoms with van der Waals surface area (Å²) < 4.78 is 0.927. The predicted octanol–water partition coefficient (Wildman–Crippen LogP) is 3.21. The molecule has 1 atom stereocenters. The highest BCUT2D eigenvalue weighted by molar-refractivity contribution is 9.10. The molecule has 0 aliphatic heterocycles. The van der Waals surface area contributed by atoms with Gasteiger partial charge in [0.1, 0.15) is 5.52 Å². The average molecular weight is 324 g/mol. The van der Waals surface area contributed by atoms with E-state index in [0.717, 1.165) is 40.6 Å². The Hall–Kier alpha value is -1.20. The maximum Gasteiger partial charge on any atom is 0.112 e. The Morgan fingerprint density at radius 1 is 1.42 bits per heavy atom. The van der Waals surface area contributed by atoms with E-state index >= 15 is 0 Å². The van der Waals surface area contributed by atoms with Crippen LogP contribution >= 0.6 is 15.9 Å². The van der Waals surface area contributed by atoms with Gasteiger partial charge in [0, 0.05) is 30.0 Å². The molecule has 2 rings (SSSR count). The first-order chi connectivity index (χ1) is 9.24. The van der Waals surface area contributed by atoms with Gasteiger partial charge in [0.25, 0.3) is 0 Å². The number of pyridine rings is 2. The van der Waals surface area contributed by atoms with Gasteiger partial charge in [0.05, 0.1) is 11.2 Å². The molecule has 0 saturated heterocycles. The van der Waals surface area contributed by atoms with E-state index < -0.39 is 0 Å². The normalized spacial score (nSPS) is 12.6. The molecule has 0 saturated carbocycles. The van der Waals surface area contributed by atoms with E-state index in [4.69, 9.17) is 5.11 Å². The highest BCUT2D eigenvalue weighted by Crippen LogP contribution is 2.22. The van der Waals surface area contributed by atoms with Gasteiger partial charge in [-0.25, -0.2) is 0 Å². The number of halogens is 1. The van der Waals surface area contributed by atoms with Crippen LogP contribution in [0, 0.1) is 5.92 Å². The Morgan fingerprint density at radius 3 is 3.00 bits per heavy atom. The largest absolute Gasteiger partial charge is 0.396 e. The monoisotopic (exact) mass is 323 g/mol. The minimum absolute atomic E-state index is 0.239. The first-order valence-corrected chi connectivity index (χ1v) is 7.29. The maximum absolute atomic E-state index is 9.01. The molecule has 0 spiro atoms. The molecule has 0 aromatic carbocycles. The van der Waals surface area contributed by atoms with Crippen LogP contribution in [-0.4, -0.2) is 28.2 Å². The summed E-state index contributed by atoms with van der Waals surface area (Å²) in [5.41, 5.74) is 2.74. The second-order valence-electron chi connectivity index (χ2n) is 4.55. The number of hydrogen-bond donors (Lipinski definition) is 2. The van der Waals surface area contributed by atoms with Crippen molar-refractivity contribution in [1.82, 2.24) is 9.97 Å². The molecule has 2 aromatic heterocycles. The molecule has 0 fully saturated rings. The molecule has 19 heavy (non-hydrogen) atoms. The first-order valence-electron chi connectivity index (χ1n) is 6.49. The molecule has 5 heteroatoms. The Bertz CT molecular complexity index is 547. The first kappa shape index (κ1) is 14.2. The lowest BCUT2D eigenvalue weighted by atomic mass is 10.0. The molecule has 0 bridgehead atoms. The number of anilines is 1. The minimum atomic E-state index is 0.239. The third kappa shape index (κ3) is 3.64. The van der Waals surface area contributed by atoms with Crippen molar-refractivity contribution in [2.75, 3.05) is 18.5 Å². The summed E-state index contributed by atoms with van der Waals surface area (Å²) in [5.74, 6) is 0.476. The van der Waals surface area contributed by atoms with Crippen LogP contribution in [0.5, 0.6) is 0 Å². The number of nitrogens with zero attached hydrogens (tertiary/aromatic N) is 2. The molecule has 102 valence electrons. The SMILES string of the molecule is CCC(CCO)CNc1ccnc2cc(Br)cnc12. The smallest absolute Gasteiger partial charge is 0.112 e. The lowest BCUT2D eigenvalue weighted by Gasteiger charge is -2.16. The minimum Gasteiger partial charge on any atom is -0.396 e. The van der Waals surface area contributed by atoms with E-state index in [1.807, 2.05) is 12.1 Å². The Balaban J connectivity index is 2.16. The van der Waals surface area contributed by atoms with Crippen LogP contribution in [-0.2, 0) is 0 Å². The molecular formula is C14H18BrN3O. The van der Waals surface area contributed by atoms with Gasteiger partial charge in [-0.3, -0.25) is 9.97 Å². The van der Waals surface area contributed by atoms with Gasteiger partial charge in [0.2, 0.25) is 0 Å². The summed E-state index contributed by atoms with van der Waals surface area (Å²) in [5, 5.41) is 12.4. The quantitative estimate of drug-likeness (QED) is 0.857. The standard InChI is InChI=1S/C14H18BrN3O/c1-2-10(4-6-19)8-17-12-3-5-16-13-7-11(15)9-18-14(12)13/h3,5,7,9-10,19H,2,4,6,8H2,1H3,(H,16,17). The van der Waals surface area contributed by atoms with Crippen molar-refractivity contribution >= 4 is 32.7 Å². The fraction of sp³-hybridized carbons (Fsp3) is 0.429. The molecule has 0 radical (unpaired) electrons. The fourth-order valence-electron chi connectivity index (χ4n) is 2.04.